The molecular weight excluding hydrogens is 306 g/mol. The molecule has 0 spiro atoms. The van der Waals surface area contributed by atoms with Gasteiger partial charge in [0.1, 0.15) is 16.8 Å². The second-order valence-corrected chi connectivity index (χ2v) is 6.09. The minimum atomic E-state index is 0.454. The number of hydrogen-bond donors (Lipinski definition) is 0. The highest BCUT2D eigenvalue weighted by Crippen LogP contribution is 2.30. The SMILES string of the molecule is Cc1ccc(-c2nc3sc(-c4cccnc4)nn3c2C#N)cc1. The maximum Gasteiger partial charge on any atom is 0.214 e. The predicted molar refractivity (Wildman–Crippen MR) is 89.0 cm³/mol. The Kier molecular flexibility index (Phi) is 3.14. The van der Waals surface area contributed by atoms with Gasteiger partial charge in [-0.15, -0.1) is 0 Å². The molecule has 5 nitrogen and oxygen atoms in total. The minimum Gasteiger partial charge on any atom is -0.264 e. The second-order valence-electron chi connectivity index (χ2n) is 5.13. The third kappa shape index (κ3) is 2.28. The monoisotopic (exact) mass is 317 g/mol. The van der Waals surface area contributed by atoms with E-state index in [9.17, 15) is 5.26 Å². The van der Waals surface area contributed by atoms with Crippen LogP contribution in [0.4, 0.5) is 0 Å². The highest BCUT2D eigenvalue weighted by atomic mass is 32.1. The lowest BCUT2D eigenvalue weighted by molar-refractivity contribution is 0.960. The largest absolute Gasteiger partial charge is 0.264 e. The number of nitrogens with zero attached hydrogens (tertiary/aromatic N) is 5. The fraction of sp³-hybridized carbons (Fsp3) is 0.0588. The molecule has 0 aliphatic carbocycles. The minimum absolute atomic E-state index is 0.454. The van der Waals surface area contributed by atoms with Crippen molar-refractivity contribution in [3.63, 3.8) is 0 Å². The van der Waals surface area contributed by atoms with Crippen molar-refractivity contribution >= 4 is 16.3 Å². The molecule has 0 fully saturated rings. The van der Waals surface area contributed by atoms with Gasteiger partial charge in [0.25, 0.3) is 0 Å². The number of benzene rings is 1. The van der Waals surface area contributed by atoms with Crippen molar-refractivity contribution in [1.29, 1.82) is 5.26 Å². The van der Waals surface area contributed by atoms with E-state index in [0.717, 1.165) is 16.1 Å². The van der Waals surface area contributed by atoms with Crippen LogP contribution in [0, 0.1) is 18.3 Å². The molecule has 0 aliphatic heterocycles. The Balaban J connectivity index is 1.88. The average Bonchev–Trinajstić information content (AvgIpc) is 3.14. The van der Waals surface area contributed by atoms with E-state index >= 15 is 0 Å². The maximum atomic E-state index is 9.54. The first kappa shape index (κ1) is 13.6. The third-order valence-electron chi connectivity index (χ3n) is 3.54. The summed E-state index contributed by atoms with van der Waals surface area (Å²) >= 11 is 1.45. The molecule has 0 aliphatic rings. The number of nitriles is 1. The molecule has 110 valence electrons. The molecule has 4 rings (SSSR count). The zero-order chi connectivity index (χ0) is 15.8. The van der Waals surface area contributed by atoms with Crippen LogP contribution in [0.15, 0.2) is 48.8 Å². The fourth-order valence-corrected chi connectivity index (χ4v) is 3.26. The first-order valence-electron chi connectivity index (χ1n) is 7.03. The van der Waals surface area contributed by atoms with E-state index in [1.54, 1.807) is 16.9 Å². The highest BCUT2D eigenvalue weighted by molar-refractivity contribution is 7.19. The summed E-state index contributed by atoms with van der Waals surface area (Å²) in [4.78, 5) is 9.41. The summed E-state index contributed by atoms with van der Waals surface area (Å²) < 4.78 is 1.61. The Morgan fingerprint density at radius 1 is 1.13 bits per heavy atom. The van der Waals surface area contributed by atoms with Crippen molar-refractivity contribution in [1.82, 2.24) is 19.6 Å². The number of imidazole rings is 1. The van der Waals surface area contributed by atoms with Gasteiger partial charge in [-0.05, 0) is 19.1 Å². The van der Waals surface area contributed by atoms with Gasteiger partial charge in [-0.3, -0.25) is 4.98 Å². The highest BCUT2D eigenvalue weighted by Gasteiger charge is 2.18. The number of fused-ring (bicyclic) bond motifs is 1. The number of rotatable bonds is 2. The fourth-order valence-electron chi connectivity index (χ4n) is 2.37. The van der Waals surface area contributed by atoms with Crippen LogP contribution in [-0.2, 0) is 0 Å². The second kappa shape index (κ2) is 5.30. The molecule has 6 heteroatoms. The molecule has 0 N–H and O–H groups in total. The van der Waals surface area contributed by atoms with Crippen LogP contribution in [0.5, 0.6) is 0 Å². The van der Waals surface area contributed by atoms with Crippen LogP contribution < -0.4 is 0 Å². The Labute approximate surface area is 136 Å². The predicted octanol–water partition coefficient (Wildman–Crippen LogP) is 3.70. The standard InChI is InChI=1S/C17H11N5S/c1-11-4-6-12(7-5-11)15-14(9-18)22-17(20-15)23-16(21-22)13-3-2-8-19-10-13/h2-8,10H,1H3. The van der Waals surface area contributed by atoms with Crippen LogP contribution in [0.25, 0.3) is 26.8 Å². The van der Waals surface area contributed by atoms with Gasteiger partial charge >= 0.3 is 0 Å². The molecule has 1 aromatic carbocycles. The van der Waals surface area contributed by atoms with Crippen LogP contribution in [0.1, 0.15) is 11.3 Å². The van der Waals surface area contributed by atoms with E-state index in [4.69, 9.17) is 0 Å². The van der Waals surface area contributed by atoms with Crippen molar-refractivity contribution in [2.75, 3.05) is 0 Å². The molecule has 3 heterocycles. The molecule has 0 saturated carbocycles. The van der Waals surface area contributed by atoms with Gasteiger partial charge in [0.15, 0.2) is 5.69 Å². The van der Waals surface area contributed by atoms with Crippen LogP contribution in [0.2, 0.25) is 0 Å². The van der Waals surface area contributed by atoms with Gasteiger partial charge < -0.3 is 0 Å². The molecule has 23 heavy (non-hydrogen) atoms. The third-order valence-corrected chi connectivity index (χ3v) is 4.50. The van der Waals surface area contributed by atoms with Gasteiger partial charge in [-0.1, -0.05) is 41.2 Å². The van der Waals surface area contributed by atoms with E-state index in [2.05, 4.69) is 21.1 Å². The first-order chi connectivity index (χ1) is 11.3. The number of hydrogen-bond acceptors (Lipinski definition) is 5. The van der Waals surface area contributed by atoms with E-state index < -0.39 is 0 Å². The van der Waals surface area contributed by atoms with Gasteiger partial charge in [-0.2, -0.15) is 14.9 Å². The molecular formula is C17H11N5S. The van der Waals surface area contributed by atoms with Crippen molar-refractivity contribution < 1.29 is 0 Å². The van der Waals surface area contributed by atoms with Gasteiger partial charge in [0, 0.05) is 23.5 Å². The molecule has 0 amide bonds. The van der Waals surface area contributed by atoms with Crippen molar-refractivity contribution in [2.24, 2.45) is 0 Å². The average molecular weight is 317 g/mol. The molecule has 4 aromatic rings. The number of aryl methyl sites for hydroxylation is 1. The molecule has 3 aromatic heterocycles. The summed E-state index contributed by atoms with van der Waals surface area (Å²) in [5, 5.41) is 14.9. The Morgan fingerprint density at radius 3 is 2.65 bits per heavy atom. The van der Waals surface area contributed by atoms with Gasteiger partial charge in [0.05, 0.1) is 0 Å². The Morgan fingerprint density at radius 2 is 1.96 bits per heavy atom. The van der Waals surface area contributed by atoms with Crippen LogP contribution >= 0.6 is 11.3 Å². The van der Waals surface area contributed by atoms with Crippen LogP contribution in [-0.4, -0.2) is 19.6 Å². The van der Waals surface area contributed by atoms with Crippen LogP contribution in [0.3, 0.4) is 0 Å². The molecule has 0 saturated heterocycles. The van der Waals surface area contributed by atoms with E-state index in [-0.39, 0.29) is 0 Å². The Bertz CT molecular complexity index is 1020. The quantitative estimate of drug-likeness (QED) is 0.565. The van der Waals surface area contributed by atoms with Gasteiger partial charge in [0.2, 0.25) is 4.96 Å². The first-order valence-corrected chi connectivity index (χ1v) is 7.85. The lowest BCUT2D eigenvalue weighted by Gasteiger charge is -1.98. The molecule has 0 radical (unpaired) electrons. The summed E-state index contributed by atoms with van der Waals surface area (Å²) in [6.07, 6.45) is 3.48. The van der Waals surface area contributed by atoms with E-state index in [0.29, 0.717) is 16.3 Å². The number of pyridine rings is 1. The zero-order valence-electron chi connectivity index (χ0n) is 12.3. The number of aromatic nitrogens is 4. The summed E-state index contributed by atoms with van der Waals surface area (Å²) in [6, 6.07) is 14.0. The van der Waals surface area contributed by atoms with Crippen molar-refractivity contribution in [3.05, 3.63) is 60.0 Å². The molecule has 0 unspecified atom stereocenters. The lowest BCUT2D eigenvalue weighted by Crippen LogP contribution is -1.91. The maximum absolute atomic E-state index is 9.54. The van der Waals surface area contributed by atoms with Crippen molar-refractivity contribution in [2.45, 2.75) is 6.92 Å². The van der Waals surface area contributed by atoms with Gasteiger partial charge in [-0.25, -0.2) is 4.98 Å². The summed E-state index contributed by atoms with van der Waals surface area (Å²) in [7, 11) is 0. The molecule has 0 atom stereocenters. The van der Waals surface area contributed by atoms with E-state index in [1.807, 2.05) is 43.3 Å². The smallest absolute Gasteiger partial charge is 0.214 e. The Hall–Kier alpha value is -3.04. The normalized spacial score (nSPS) is 10.8. The molecule has 0 bridgehead atoms. The summed E-state index contributed by atoms with van der Waals surface area (Å²) in [6.45, 7) is 2.03. The van der Waals surface area contributed by atoms with E-state index in [1.165, 1.54) is 16.9 Å². The summed E-state index contributed by atoms with van der Waals surface area (Å²) in [5.74, 6) is 0. The lowest BCUT2D eigenvalue weighted by atomic mass is 10.1. The van der Waals surface area contributed by atoms with Crippen molar-refractivity contribution in [3.8, 4) is 27.9 Å². The summed E-state index contributed by atoms with van der Waals surface area (Å²) in [5.41, 5.74) is 4.14. The zero-order valence-corrected chi connectivity index (χ0v) is 13.1. The topological polar surface area (TPSA) is 66.9 Å².